The van der Waals surface area contributed by atoms with Crippen LogP contribution in [0.15, 0.2) is 113 Å². The molecule has 2 aliphatic heterocycles. The van der Waals surface area contributed by atoms with Gasteiger partial charge in [0, 0.05) is 24.1 Å². The summed E-state index contributed by atoms with van der Waals surface area (Å²) in [7, 11) is 1.51. The third kappa shape index (κ3) is 9.02. The van der Waals surface area contributed by atoms with Crippen molar-refractivity contribution in [3.05, 3.63) is 131 Å². The molecular formula is C43H48F3N4O6P. The van der Waals surface area contributed by atoms with Gasteiger partial charge in [0.2, 0.25) is 0 Å². The van der Waals surface area contributed by atoms with Crippen molar-refractivity contribution in [2.45, 2.75) is 88.4 Å². The van der Waals surface area contributed by atoms with Gasteiger partial charge in [0.15, 0.2) is 0 Å². The van der Waals surface area contributed by atoms with Crippen molar-refractivity contribution in [1.29, 1.82) is 5.26 Å². The predicted octanol–water partition coefficient (Wildman–Crippen LogP) is 10.4. The molecule has 0 aromatic heterocycles. The second kappa shape index (κ2) is 18.0. The number of hydrogen-bond donors (Lipinski definition) is 0. The van der Waals surface area contributed by atoms with Gasteiger partial charge < -0.3 is 28.0 Å². The molecule has 0 amide bonds. The molecule has 2 heterocycles. The Morgan fingerprint density at radius 1 is 0.842 bits per heavy atom. The topological polar surface area (TPSA) is 107 Å². The molecule has 4 aromatic rings. The lowest BCUT2D eigenvalue weighted by Gasteiger charge is -2.39. The molecule has 6 rings (SSSR count). The lowest BCUT2D eigenvalue weighted by molar-refractivity contribution is -0.166. The number of nitriles is 1. The first-order valence-electron chi connectivity index (χ1n) is 18.9. The van der Waals surface area contributed by atoms with E-state index in [4.69, 9.17) is 28.0 Å². The highest BCUT2D eigenvalue weighted by Gasteiger charge is 2.65. The summed E-state index contributed by atoms with van der Waals surface area (Å²) < 4.78 is 82.7. The molecule has 4 atom stereocenters. The van der Waals surface area contributed by atoms with Gasteiger partial charge in [-0.15, -0.1) is 10.2 Å². The SMILES string of the molecule is COc1ccc(C(OC[C@H]2O[C@@H](c3cccc(C4(C(F)(F)F)N=N4)c3)C[C@@H]2OP(OCCC#N)N(C(C)C)C(C)C)(c2ccccc2)c2ccc(OC)cc2)cc1. The van der Waals surface area contributed by atoms with Crippen LogP contribution in [0.25, 0.3) is 0 Å². The Kier molecular flexibility index (Phi) is 13.3. The highest BCUT2D eigenvalue weighted by molar-refractivity contribution is 7.44. The Labute approximate surface area is 333 Å². The fourth-order valence-corrected chi connectivity index (χ4v) is 9.04. The van der Waals surface area contributed by atoms with E-state index in [1.807, 2.05) is 78.9 Å². The molecule has 1 fully saturated rings. The van der Waals surface area contributed by atoms with Crippen LogP contribution in [0.2, 0.25) is 0 Å². The van der Waals surface area contributed by atoms with E-state index in [1.165, 1.54) is 12.1 Å². The largest absolute Gasteiger partial charge is 0.497 e. The number of ether oxygens (including phenoxy) is 4. The van der Waals surface area contributed by atoms with E-state index in [-0.39, 0.29) is 37.3 Å². The van der Waals surface area contributed by atoms with E-state index < -0.39 is 44.3 Å². The van der Waals surface area contributed by atoms with E-state index >= 15 is 0 Å². The van der Waals surface area contributed by atoms with Crippen LogP contribution in [0.5, 0.6) is 11.5 Å². The van der Waals surface area contributed by atoms with Crippen molar-refractivity contribution in [1.82, 2.24) is 4.67 Å². The van der Waals surface area contributed by atoms with Crippen LogP contribution in [0.4, 0.5) is 13.2 Å². The van der Waals surface area contributed by atoms with Crippen molar-refractivity contribution < 1.29 is 41.2 Å². The summed E-state index contributed by atoms with van der Waals surface area (Å²) in [5, 5.41) is 16.2. The molecular weight excluding hydrogens is 756 g/mol. The Bertz CT molecular complexity index is 1930. The number of rotatable bonds is 18. The van der Waals surface area contributed by atoms with Crippen LogP contribution in [-0.2, 0) is 29.8 Å². The van der Waals surface area contributed by atoms with Crippen molar-refractivity contribution in [3.8, 4) is 17.6 Å². The van der Waals surface area contributed by atoms with Gasteiger partial charge in [0.05, 0.1) is 52.1 Å². The summed E-state index contributed by atoms with van der Waals surface area (Å²) in [4.78, 5) is 0. The summed E-state index contributed by atoms with van der Waals surface area (Å²) in [6.07, 6.45) is -6.21. The predicted molar refractivity (Wildman–Crippen MR) is 210 cm³/mol. The van der Waals surface area contributed by atoms with Crippen LogP contribution >= 0.6 is 8.53 Å². The maximum absolute atomic E-state index is 14.1. The Hall–Kier alpha value is -4.41. The average molecular weight is 805 g/mol. The molecule has 1 saturated heterocycles. The summed E-state index contributed by atoms with van der Waals surface area (Å²) in [6, 6.07) is 33.6. The molecule has 302 valence electrons. The number of hydrogen-bond acceptors (Lipinski definition) is 10. The molecule has 4 aromatic carbocycles. The van der Waals surface area contributed by atoms with Crippen molar-refractivity contribution in [3.63, 3.8) is 0 Å². The number of halogens is 3. The first kappa shape index (κ1) is 42.2. The Morgan fingerprint density at radius 3 is 1.93 bits per heavy atom. The maximum atomic E-state index is 14.1. The Morgan fingerprint density at radius 2 is 1.42 bits per heavy atom. The summed E-state index contributed by atoms with van der Waals surface area (Å²) >= 11 is 0. The minimum Gasteiger partial charge on any atom is -0.497 e. The molecule has 14 heteroatoms. The monoisotopic (exact) mass is 804 g/mol. The number of alkyl halides is 3. The second-order valence-corrected chi connectivity index (χ2v) is 15.8. The van der Waals surface area contributed by atoms with Crippen LogP contribution in [0, 0.1) is 11.3 Å². The molecule has 0 radical (unpaired) electrons. The number of benzene rings is 4. The minimum atomic E-state index is -4.68. The van der Waals surface area contributed by atoms with Crippen LogP contribution < -0.4 is 9.47 Å². The van der Waals surface area contributed by atoms with Gasteiger partial charge in [-0.3, -0.25) is 0 Å². The van der Waals surface area contributed by atoms with E-state index in [1.54, 1.807) is 26.4 Å². The fourth-order valence-electron chi connectivity index (χ4n) is 7.28. The van der Waals surface area contributed by atoms with E-state index in [9.17, 15) is 18.4 Å². The van der Waals surface area contributed by atoms with Crippen LogP contribution in [-0.4, -0.2) is 62.6 Å². The third-order valence-electron chi connectivity index (χ3n) is 10.1. The molecule has 2 aliphatic rings. The molecule has 57 heavy (non-hydrogen) atoms. The first-order valence-corrected chi connectivity index (χ1v) is 20.0. The van der Waals surface area contributed by atoms with Gasteiger partial charge in [0.25, 0.3) is 8.53 Å². The van der Waals surface area contributed by atoms with Gasteiger partial charge in [-0.05, 0) is 80.3 Å². The smallest absolute Gasteiger partial charge is 0.442 e. The van der Waals surface area contributed by atoms with Gasteiger partial charge in [0.1, 0.15) is 23.2 Å². The highest BCUT2D eigenvalue weighted by Crippen LogP contribution is 2.54. The zero-order valence-electron chi connectivity index (χ0n) is 32.8. The lowest BCUT2D eigenvalue weighted by Crippen LogP contribution is -2.39. The van der Waals surface area contributed by atoms with Crippen LogP contribution in [0.1, 0.15) is 74.5 Å². The molecule has 0 bridgehead atoms. The third-order valence-corrected chi connectivity index (χ3v) is 12.2. The van der Waals surface area contributed by atoms with E-state index in [2.05, 4.69) is 48.7 Å². The first-order chi connectivity index (χ1) is 27.4. The van der Waals surface area contributed by atoms with Crippen LogP contribution in [0.3, 0.4) is 0 Å². The summed E-state index contributed by atoms with van der Waals surface area (Å²) in [6.45, 7) is 8.37. The summed E-state index contributed by atoms with van der Waals surface area (Å²) in [5.74, 6) is 1.36. The quantitative estimate of drug-likeness (QED) is 0.0556. The molecule has 0 N–H and O–H groups in total. The highest BCUT2D eigenvalue weighted by atomic mass is 31.2. The van der Waals surface area contributed by atoms with Gasteiger partial charge in [-0.2, -0.15) is 18.4 Å². The fraction of sp³-hybridized carbons (Fsp3) is 0.419. The number of methoxy groups -OCH3 is 2. The second-order valence-electron chi connectivity index (χ2n) is 14.4. The molecule has 1 unspecified atom stereocenters. The van der Waals surface area contributed by atoms with Gasteiger partial charge in [-0.1, -0.05) is 72.8 Å². The standard InChI is InChI=1S/C43H48F3N4O6P/c1-29(2)50(30(3)4)57(54-25-11-24-47)56-39-27-38(31-12-10-15-35(26-31)42(48-49-42)43(44,45)46)55-40(39)28-53-41(32-13-8-7-9-14-32,33-16-20-36(51-5)21-17-33)34-18-22-37(52-6)23-19-34/h7-10,12-23,26,29-30,38-40H,11,25,27-28H2,1-6H3/t38-,39+,40-,57?/m1/s1. The summed E-state index contributed by atoms with van der Waals surface area (Å²) in [5.41, 5.74) is -0.808. The van der Waals surface area contributed by atoms with Crippen molar-refractivity contribution in [2.75, 3.05) is 27.4 Å². The van der Waals surface area contributed by atoms with Gasteiger partial charge in [-0.25, -0.2) is 4.67 Å². The Balaban J connectivity index is 1.42. The van der Waals surface area contributed by atoms with E-state index in [0.29, 0.717) is 23.5 Å². The zero-order chi connectivity index (χ0) is 40.8. The van der Waals surface area contributed by atoms with Crippen molar-refractivity contribution in [2.24, 2.45) is 10.2 Å². The molecule has 0 aliphatic carbocycles. The minimum absolute atomic E-state index is 0.00961. The maximum Gasteiger partial charge on any atom is 0.442 e. The van der Waals surface area contributed by atoms with Crippen molar-refractivity contribution >= 4 is 8.53 Å². The number of nitrogens with zero attached hydrogens (tertiary/aromatic N) is 4. The molecule has 10 nitrogen and oxygen atoms in total. The van der Waals surface area contributed by atoms with Gasteiger partial charge >= 0.3 is 11.8 Å². The molecule has 0 spiro atoms. The average Bonchev–Trinajstić information content (AvgIpc) is 3.95. The lowest BCUT2D eigenvalue weighted by atomic mass is 9.80. The zero-order valence-corrected chi connectivity index (χ0v) is 33.7. The molecule has 0 saturated carbocycles. The normalized spacial score (nSPS) is 19.5. The van der Waals surface area contributed by atoms with E-state index in [0.717, 1.165) is 16.7 Å².